The lowest BCUT2D eigenvalue weighted by molar-refractivity contribution is 0.437. The Kier molecular flexibility index (Phi) is 6.78. The fraction of sp³-hybridized carbons (Fsp3) is 0.0192. The number of aromatic nitrogens is 3. The number of ether oxygens (including phenoxy) is 1. The van der Waals surface area contributed by atoms with E-state index in [1.165, 1.54) is 22.3 Å². The highest BCUT2D eigenvalue weighted by atomic mass is 16.5. The number of nitrogens with zero attached hydrogens (tertiary/aromatic N) is 3. The number of rotatable bonds is 4. The molecular formula is C52H31N3O2. The monoisotopic (exact) mass is 729 g/mol. The second-order valence-corrected chi connectivity index (χ2v) is 14.7. The van der Waals surface area contributed by atoms with Crippen molar-refractivity contribution in [3.8, 4) is 67.9 Å². The van der Waals surface area contributed by atoms with E-state index in [9.17, 15) is 0 Å². The first kappa shape index (κ1) is 31.7. The second-order valence-electron chi connectivity index (χ2n) is 14.7. The highest BCUT2D eigenvalue weighted by Gasteiger charge is 2.51. The topological polar surface area (TPSA) is 61.0 Å². The van der Waals surface area contributed by atoms with Crippen molar-refractivity contribution >= 4 is 21.9 Å². The molecule has 1 spiro atoms. The van der Waals surface area contributed by atoms with Gasteiger partial charge in [-0.05, 0) is 57.6 Å². The fourth-order valence-corrected chi connectivity index (χ4v) is 9.14. The Hall–Kier alpha value is -7.63. The second kappa shape index (κ2) is 12.2. The summed E-state index contributed by atoms with van der Waals surface area (Å²) < 4.78 is 13.7. The number of furan rings is 1. The number of fused-ring (bicyclic) bond motifs is 12. The van der Waals surface area contributed by atoms with Crippen molar-refractivity contribution < 1.29 is 9.15 Å². The van der Waals surface area contributed by atoms with E-state index in [0.717, 1.165) is 72.4 Å². The van der Waals surface area contributed by atoms with Crippen molar-refractivity contribution in [1.82, 2.24) is 15.0 Å². The maximum absolute atomic E-state index is 6.88. The van der Waals surface area contributed by atoms with Gasteiger partial charge in [0.2, 0.25) is 0 Å². The van der Waals surface area contributed by atoms with E-state index in [1.54, 1.807) is 0 Å². The van der Waals surface area contributed by atoms with Gasteiger partial charge in [0.15, 0.2) is 17.5 Å². The molecule has 0 unspecified atom stereocenters. The maximum Gasteiger partial charge on any atom is 0.164 e. The molecule has 0 bridgehead atoms. The van der Waals surface area contributed by atoms with Gasteiger partial charge < -0.3 is 9.15 Å². The van der Waals surface area contributed by atoms with E-state index >= 15 is 0 Å². The van der Waals surface area contributed by atoms with Crippen LogP contribution in [0.5, 0.6) is 11.5 Å². The highest BCUT2D eigenvalue weighted by Crippen LogP contribution is 2.62. The summed E-state index contributed by atoms with van der Waals surface area (Å²) in [5.74, 6) is 3.41. The van der Waals surface area contributed by atoms with E-state index < -0.39 is 5.41 Å². The molecule has 5 nitrogen and oxygen atoms in total. The zero-order valence-electron chi connectivity index (χ0n) is 30.6. The van der Waals surface area contributed by atoms with Crippen LogP contribution in [0.1, 0.15) is 22.3 Å². The van der Waals surface area contributed by atoms with Gasteiger partial charge in [-0.3, -0.25) is 0 Å². The van der Waals surface area contributed by atoms with Crippen LogP contribution in [0.4, 0.5) is 0 Å². The first-order valence-electron chi connectivity index (χ1n) is 19.2. The van der Waals surface area contributed by atoms with Crippen LogP contribution in [0.2, 0.25) is 0 Å². The summed E-state index contributed by atoms with van der Waals surface area (Å²) in [6, 6.07) is 65.3. The van der Waals surface area contributed by atoms with Crippen molar-refractivity contribution in [2.45, 2.75) is 5.41 Å². The van der Waals surface area contributed by atoms with E-state index in [-0.39, 0.29) is 0 Å². The lowest BCUT2D eigenvalue weighted by Gasteiger charge is -2.39. The van der Waals surface area contributed by atoms with Crippen molar-refractivity contribution in [2.24, 2.45) is 0 Å². The normalized spacial score (nSPS) is 13.2. The van der Waals surface area contributed by atoms with Gasteiger partial charge in [0.05, 0.1) is 5.41 Å². The summed E-state index contributed by atoms with van der Waals surface area (Å²) >= 11 is 0. The van der Waals surface area contributed by atoms with Crippen LogP contribution in [-0.2, 0) is 5.41 Å². The smallest absolute Gasteiger partial charge is 0.164 e. The van der Waals surface area contributed by atoms with Gasteiger partial charge in [-0.15, -0.1) is 0 Å². The molecule has 0 atom stereocenters. The summed E-state index contributed by atoms with van der Waals surface area (Å²) in [4.78, 5) is 15.3. The lowest BCUT2D eigenvalue weighted by Crippen LogP contribution is -2.32. The van der Waals surface area contributed by atoms with Gasteiger partial charge in [0.25, 0.3) is 0 Å². The first-order chi connectivity index (χ1) is 28.2. The molecule has 5 heteroatoms. The van der Waals surface area contributed by atoms with Gasteiger partial charge in [-0.1, -0.05) is 164 Å². The average molecular weight is 730 g/mol. The predicted molar refractivity (Wildman–Crippen MR) is 226 cm³/mol. The summed E-state index contributed by atoms with van der Waals surface area (Å²) in [5.41, 5.74) is 13.0. The molecule has 10 aromatic rings. The van der Waals surface area contributed by atoms with Gasteiger partial charge in [-0.25, -0.2) is 15.0 Å². The summed E-state index contributed by atoms with van der Waals surface area (Å²) in [6.07, 6.45) is 0. The summed E-state index contributed by atoms with van der Waals surface area (Å²) in [5, 5.41) is 1.86. The van der Waals surface area contributed by atoms with E-state index in [2.05, 4.69) is 133 Å². The number of benzene rings is 8. The van der Waals surface area contributed by atoms with Crippen LogP contribution in [0.25, 0.3) is 78.4 Å². The Bertz CT molecular complexity index is 3160. The molecule has 2 aliphatic rings. The van der Waals surface area contributed by atoms with Crippen LogP contribution in [0, 0.1) is 0 Å². The van der Waals surface area contributed by atoms with Gasteiger partial charge in [-0.2, -0.15) is 0 Å². The standard InChI is InChI=1S/C52H31N3O2/c1-3-14-32(15-4-1)33-26-28-35(29-27-33)50-53-49(34-16-5-2-6-17-34)54-51(55-50)38-20-13-25-45-48(38)39-30-47-43(31-46(39)57-45)52(42-23-11-12-24-44(42)56-47)40-21-9-7-18-36(40)37-19-8-10-22-41(37)52/h1-31H. The molecule has 266 valence electrons. The Morgan fingerprint density at radius 3 is 1.58 bits per heavy atom. The van der Waals surface area contributed by atoms with E-state index in [4.69, 9.17) is 24.1 Å². The predicted octanol–water partition coefficient (Wildman–Crippen LogP) is 12.9. The Morgan fingerprint density at radius 1 is 0.351 bits per heavy atom. The molecule has 8 aromatic carbocycles. The Morgan fingerprint density at radius 2 is 0.877 bits per heavy atom. The minimum Gasteiger partial charge on any atom is -0.457 e. The third-order valence-corrected chi connectivity index (χ3v) is 11.6. The molecule has 57 heavy (non-hydrogen) atoms. The molecule has 12 rings (SSSR count). The minimum atomic E-state index is -0.586. The third-order valence-electron chi connectivity index (χ3n) is 11.6. The first-order valence-corrected chi connectivity index (χ1v) is 19.2. The van der Waals surface area contributed by atoms with E-state index in [1.807, 2.05) is 54.6 Å². The molecule has 2 aromatic heterocycles. The van der Waals surface area contributed by atoms with Crippen LogP contribution in [-0.4, -0.2) is 15.0 Å². The Balaban J connectivity index is 1.08. The quantitative estimate of drug-likeness (QED) is 0.180. The van der Waals surface area contributed by atoms with Crippen LogP contribution < -0.4 is 4.74 Å². The van der Waals surface area contributed by atoms with Crippen LogP contribution >= 0.6 is 0 Å². The van der Waals surface area contributed by atoms with Gasteiger partial charge in [0, 0.05) is 38.6 Å². The molecule has 3 heterocycles. The highest BCUT2D eigenvalue weighted by molar-refractivity contribution is 6.13. The SMILES string of the molecule is c1ccc(-c2ccc(-c3nc(-c4ccccc4)nc(-c4cccc5oc6cc7c(cc6c45)Oc4ccccc4C74c5ccccc5-c5ccccc54)n3)cc2)cc1. The fourth-order valence-electron chi connectivity index (χ4n) is 9.14. The van der Waals surface area contributed by atoms with Crippen LogP contribution in [0.3, 0.4) is 0 Å². The van der Waals surface area contributed by atoms with Gasteiger partial charge in [0.1, 0.15) is 22.7 Å². The summed E-state index contributed by atoms with van der Waals surface area (Å²) in [7, 11) is 0. The molecular weight excluding hydrogens is 699 g/mol. The van der Waals surface area contributed by atoms with Gasteiger partial charge >= 0.3 is 0 Å². The molecule has 0 N–H and O–H groups in total. The van der Waals surface area contributed by atoms with Crippen molar-refractivity contribution in [3.05, 3.63) is 210 Å². The van der Waals surface area contributed by atoms with E-state index in [0.29, 0.717) is 17.5 Å². The third kappa shape index (κ3) is 4.66. The largest absolute Gasteiger partial charge is 0.457 e. The minimum absolute atomic E-state index is 0.568. The maximum atomic E-state index is 6.88. The molecule has 0 fully saturated rings. The average Bonchev–Trinajstić information content (AvgIpc) is 3.80. The van der Waals surface area contributed by atoms with Crippen molar-refractivity contribution in [2.75, 3.05) is 0 Å². The lowest BCUT2D eigenvalue weighted by atomic mass is 9.66. The van der Waals surface area contributed by atoms with Crippen LogP contribution in [0.15, 0.2) is 192 Å². The molecule has 0 saturated heterocycles. The van der Waals surface area contributed by atoms with Crippen molar-refractivity contribution in [1.29, 1.82) is 0 Å². The molecule has 1 aliphatic carbocycles. The number of hydrogen-bond donors (Lipinski definition) is 0. The molecule has 0 amide bonds. The zero-order chi connectivity index (χ0) is 37.5. The molecule has 0 radical (unpaired) electrons. The number of hydrogen-bond acceptors (Lipinski definition) is 5. The Labute approximate surface area is 328 Å². The summed E-state index contributed by atoms with van der Waals surface area (Å²) in [6.45, 7) is 0. The van der Waals surface area contributed by atoms with Crippen molar-refractivity contribution in [3.63, 3.8) is 0 Å². The zero-order valence-corrected chi connectivity index (χ0v) is 30.6. The molecule has 1 aliphatic heterocycles. The number of para-hydroxylation sites is 1. The molecule has 0 saturated carbocycles.